The van der Waals surface area contributed by atoms with Crippen LogP contribution in [0.25, 0.3) is 0 Å². The molecule has 5 rings (SSSR count). The summed E-state index contributed by atoms with van der Waals surface area (Å²) < 4.78 is 59.9. The summed E-state index contributed by atoms with van der Waals surface area (Å²) in [5, 5.41) is 39.9. The van der Waals surface area contributed by atoms with Gasteiger partial charge in [0, 0.05) is 7.11 Å². The van der Waals surface area contributed by atoms with Gasteiger partial charge in [0.25, 0.3) is 0 Å². The number of phosphoric ester groups is 1. The Bertz CT molecular complexity index is 1430. The summed E-state index contributed by atoms with van der Waals surface area (Å²) in [6.07, 6.45) is -13.4. The number of benzene rings is 3. The van der Waals surface area contributed by atoms with Crippen LogP contribution in [0.2, 0.25) is 0 Å². The fourth-order valence-electron chi connectivity index (χ4n) is 5.55. The third-order valence-electron chi connectivity index (χ3n) is 8.17. The molecule has 3 aromatic rings. The molecule has 2 heterocycles. The zero-order chi connectivity index (χ0) is 34.8. The highest BCUT2D eigenvalue weighted by Crippen LogP contribution is 2.47. The number of phosphoric acid groups is 1. The average Bonchev–Trinajstić information content (AvgIpc) is 3.13. The van der Waals surface area contributed by atoms with Crippen molar-refractivity contribution in [2.24, 2.45) is 0 Å². The largest absolute Gasteiger partial charge is 0.474 e. The number of ether oxygens (including phenoxy) is 6. The average molecular weight is 707 g/mol. The van der Waals surface area contributed by atoms with Gasteiger partial charge < -0.3 is 53.7 Å². The fraction of sp³-hybridized carbons (Fsp3) is 0.471. The van der Waals surface area contributed by atoms with Crippen molar-refractivity contribution < 1.29 is 67.4 Å². The molecule has 0 amide bonds. The zero-order valence-corrected chi connectivity index (χ0v) is 27.7. The quantitative estimate of drug-likeness (QED) is 0.136. The van der Waals surface area contributed by atoms with Gasteiger partial charge in [-0.2, -0.15) is 0 Å². The molecule has 5 N–H and O–H groups in total. The van der Waals surface area contributed by atoms with E-state index in [1.807, 2.05) is 91.0 Å². The van der Waals surface area contributed by atoms with E-state index in [2.05, 4.69) is 0 Å². The second-order valence-electron chi connectivity index (χ2n) is 11.6. The first-order valence-corrected chi connectivity index (χ1v) is 17.3. The summed E-state index contributed by atoms with van der Waals surface area (Å²) in [5.41, 5.74) is 2.63. The van der Waals surface area contributed by atoms with E-state index in [1.165, 1.54) is 7.11 Å². The van der Waals surface area contributed by atoms with E-state index in [-0.39, 0.29) is 19.8 Å². The van der Waals surface area contributed by atoms with Crippen molar-refractivity contribution in [3.05, 3.63) is 108 Å². The lowest BCUT2D eigenvalue weighted by Crippen LogP contribution is -2.61. The van der Waals surface area contributed by atoms with Crippen molar-refractivity contribution in [1.29, 1.82) is 0 Å². The molecule has 0 aliphatic carbocycles. The number of aliphatic hydroxyl groups excluding tert-OH is 4. The van der Waals surface area contributed by atoms with Crippen LogP contribution >= 0.6 is 7.82 Å². The van der Waals surface area contributed by atoms with Crippen molar-refractivity contribution in [3.8, 4) is 0 Å². The van der Waals surface area contributed by atoms with Gasteiger partial charge in [-0.15, -0.1) is 0 Å². The molecule has 0 saturated carbocycles. The first-order valence-electron chi connectivity index (χ1n) is 15.8. The first kappa shape index (κ1) is 37.6. The van der Waals surface area contributed by atoms with Crippen LogP contribution in [0.3, 0.4) is 0 Å². The molecule has 2 saturated heterocycles. The predicted molar refractivity (Wildman–Crippen MR) is 171 cm³/mol. The Morgan fingerprint density at radius 1 is 0.633 bits per heavy atom. The van der Waals surface area contributed by atoms with Gasteiger partial charge in [-0.1, -0.05) is 91.0 Å². The van der Waals surface area contributed by atoms with Crippen LogP contribution in [0.5, 0.6) is 0 Å². The zero-order valence-electron chi connectivity index (χ0n) is 26.8. The number of hydrogen-bond donors (Lipinski definition) is 5. The highest BCUT2D eigenvalue weighted by atomic mass is 31.2. The molecule has 0 radical (unpaired) electrons. The maximum absolute atomic E-state index is 13.1. The van der Waals surface area contributed by atoms with E-state index in [0.717, 1.165) is 16.7 Å². The molecule has 0 bridgehead atoms. The van der Waals surface area contributed by atoms with Crippen LogP contribution in [0, 0.1) is 0 Å². The second-order valence-corrected chi connectivity index (χ2v) is 13.0. The van der Waals surface area contributed by atoms with Crippen molar-refractivity contribution in [2.75, 3.05) is 20.3 Å². The molecule has 2 fully saturated rings. The minimum Gasteiger partial charge on any atom is -0.394 e. The minimum absolute atomic E-state index is 0.123. The van der Waals surface area contributed by atoms with Gasteiger partial charge in [0.2, 0.25) is 0 Å². The van der Waals surface area contributed by atoms with Gasteiger partial charge in [-0.3, -0.25) is 9.05 Å². The molecule has 0 spiro atoms. The third kappa shape index (κ3) is 10.2. The van der Waals surface area contributed by atoms with Crippen LogP contribution in [0.1, 0.15) is 16.7 Å². The maximum atomic E-state index is 13.1. The summed E-state index contributed by atoms with van der Waals surface area (Å²) in [5.74, 6) is 0. The molecule has 15 heteroatoms. The minimum atomic E-state index is -5.04. The van der Waals surface area contributed by atoms with Gasteiger partial charge in [0.1, 0.15) is 48.8 Å². The Morgan fingerprint density at radius 2 is 1.10 bits per heavy atom. The molecule has 2 aliphatic heterocycles. The topological polar surface area (TPSA) is 192 Å². The number of hydrogen-bond acceptors (Lipinski definition) is 13. The smallest absolute Gasteiger partial charge is 0.394 e. The van der Waals surface area contributed by atoms with E-state index < -0.39 is 82.4 Å². The Kier molecular flexibility index (Phi) is 13.8. The summed E-state index contributed by atoms with van der Waals surface area (Å²) in [6, 6.07) is 28.4. The Hall–Kier alpha value is -2.63. The lowest BCUT2D eigenvalue weighted by atomic mass is 9.98. The summed E-state index contributed by atoms with van der Waals surface area (Å²) in [7, 11) is -3.61. The van der Waals surface area contributed by atoms with Crippen LogP contribution in [0.15, 0.2) is 91.0 Å². The van der Waals surface area contributed by atoms with Crippen molar-refractivity contribution >= 4 is 7.82 Å². The molecule has 3 aromatic carbocycles. The number of methoxy groups -OCH3 is 1. The van der Waals surface area contributed by atoms with Gasteiger partial charge in [0.15, 0.2) is 12.6 Å². The summed E-state index contributed by atoms with van der Waals surface area (Å²) in [6.45, 7) is -0.844. The molecular formula is C34H43O14P. The van der Waals surface area contributed by atoms with Gasteiger partial charge >= 0.3 is 7.82 Å². The second kappa shape index (κ2) is 18.0. The predicted octanol–water partition coefficient (Wildman–Crippen LogP) is 2.05. The third-order valence-corrected chi connectivity index (χ3v) is 9.12. The Balaban J connectivity index is 1.38. The lowest BCUT2D eigenvalue weighted by molar-refractivity contribution is -0.321. The van der Waals surface area contributed by atoms with E-state index in [0.29, 0.717) is 0 Å². The monoisotopic (exact) mass is 706 g/mol. The highest BCUT2D eigenvalue weighted by Gasteiger charge is 2.51. The highest BCUT2D eigenvalue weighted by molar-refractivity contribution is 7.47. The van der Waals surface area contributed by atoms with Crippen LogP contribution in [-0.4, -0.2) is 107 Å². The normalized spacial score (nSPS) is 31.6. The SMILES string of the molecule is CO[C@H]1O[C@H](COP(=O)(O)O[C@H]2O[C@H](CO)[C@@H](O)[C@H](O)[C@@H]2O)[C@@H](OCc2ccccc2)[C@H](OCc2ccccc2)[C@@H]1OCc1ccccc1. The number of aliphatic hydroxyl groups is 4. The molecular weight excluding hydrogens is 663 g/mol. The van der Waals surface area contributed by atoms with Gasteiger partial charge in [0.05, 0.1) is 33.0 Å². The van der Waals surface area contributed by atoms with Crippen LogP contribution in [0.4, 0.5) is 0 Å². The van der Waals surface area contributed by atoms with E-state index in [9.17, 15) is 29.9 Å². The first-order chi connectivity index (χ1) is 23.7. The van der Waals surface area contributed by atoms with Crippen LogP contribution in [-0.2, 0) is 61.9 Å². The summed E-state index contributed by atoms with van der Waals surface area (Å²) >= 11 is 0. The Labute approximate surface area is 284 Å². The van der Waals surface area contributed by atoms with Gasteiger partial charge in [-0.25, -0.2) is 4.57 Å². The molecule has 2 aliphatic rings. The molecule has 11 atom stereocenters. The Morgan fingerprint density at radius 3 is 1.59 bits per heavy atom. The van der Waals surface area contributed by atoms with Crippen molar-refractivity contribution in [3.63, 3.8) is 0 Å². The number of rotatable bonds is 16. The molecule has 14 nitrogen and oxygen atoms in total. The van der Waals surface area contributed by atoms with Crippen molar-refractivity contribution in [2.45, 2.75) is 81.2 Å². The fourth-order valence-corrected chi connectivity index (χ4v) is 6.39. The van der Waals surface area contributed by atoms with E-state index >= 15 is 0 Å². The maximum Gasteiger partial charge on any atom is 0.474 e. The van der Waals surface area contributed by atoms with E-state index in [1.54, 1.807) is 0 Å². The van der Waals surface area contributed by atoms with Crippen LogP contribution < -0.4 is 0 Å². The lowest BCUT2D eigenvalue weighted by Gasteiger charge is -2.45. The molecule has 0 aromatic heterocycles. The molecule has 1 unspecified atom stereocenters. The van der Waals surface area contributed by atoms with Crippen molar-refractivity contribution in [1.82, 2.24) is 0 Å². The van der Waals surface area contributed by atoms with E-state index in [4.69, 9.17) is 37.5 Å². The summed E-state index contributed by atoms with van der Waals surface area (Å²) in [4.78, 5) is 10.7. The molecule has 268 valence electrons. The standard InChI is InChI=1S/C34H43O14P/c1-41-34-32(44-20-24-15-9-4-10-16-24)31(43-19-23-13-7-3-8-14-23)30(42-18-22-11-5-2-6-12-22)26(47-34)21-45-49(39,40)48-33-29(38)28(37)27(36)25(17-35)46-33/h2-16,25-38H,17-21H2,1H3,(H,39,40)/t25-,26-,27-,28+,29+,30-,31+,32+,33-,34+/m1/s1. The van der Waals surface area contributed by atoms with Gasteiger partial charge in [-0.05, 0) is 16.7 Å². The molecule has 49 heavy (non-hydrogen) atoms.